The van der Waals surface area contributed by atoms with Gasteiger partial charge in [-0.2, -0.15) is 8.42 Å². The number of hydrogen-bond donors (Lipinski definition) is 0. The second-order valence-electron chi connectivity index (χ2n) is 9.36. The number of hydrogen-bond acceptors (Lipinski definition) is 10. The molecule has 1 amide bonds. The molecule has 43 heavy (non-hydrogen) atoms. The first kappa shape index (κ1) is 32.3. The maximum Gasteiger partial charge on any atom is 0.303 e. The third kappa shape index (κ3) is 6.81. The van der Waals surface area contributed by atoms with Crippen LogP contribution in [0.4, 0.5) is 5.69 Å². The van der Waals surface area contributed by atoms with Gasteiger partial charge in [0.15, 0.2) is 16.4 Å². The SMILES string of the molecule is COc1cc(C(=O)N2CCO[C@](CCOS(=O)(=O)c3ccccc3[N+](=O)[O-])(c3ccc(Cl)c(Cl)c3)C2)cc(OC)c1OC. The van der Waals surface area contributed by atoms with Crippen LogP contribution in [0.2, 0.25) is 10.0 Å². The topological polar surface area (TPSA) is 144 Å². The summed E-state index contributed by atoms with van der Waals surface area (Å²) < 4.78 is 53.5. The Balaban J connectivity index is 1.66. The van der Waals surface area contributed by atoms with Crippen molar-refractivity contribution in [3.63, 3.8) is 0 Å². The predicted molar refractivity (Wildman–Crippen MR) is 157 cm³/mol. The van der Waals surface area contributed by atoms with E-state index in [1.165, 1.54) is 45.6 Å². The van der Waals surface area contributed by atoms with E-state index in [0.717, 1.165) is 12.1 Å². The third-order valence-corrected chi connectivity index (χ3v) is 9.01. The van der Waals surface area contributed by atoms with Crippen molar-refractivity contribution in [2.75, 3.05) is 47.6 Å². The van der Waals surface area contributed by atoms with Crippen molar-refractivity contribution in [1.29, 1.82) is 0 Å². The monoisotopic (exact) mass is 654 g/mol. The molecule has 230 valence electrons. The van der Waals surface area contributed by atoms with Gasteiger partial charge < -0.3 is 23.8 Å². The molecule has 1 atom stereocenters. The fourth-order valence-electron chi connectivity index (χ4n) is 4.79. The summed E-state index contributed by atoms with van der Waals surface area (Å²) in [5, 5.41) is 11.9. The lowest BCUT2D eigenvalue weighted by Crippen LogP contribution is -2.52. The van der Waals surface area contributed by atoms with Gasteiger partial charge in [0.2, 0.25) is 5.75 Å². The summed E-state index contributed by atoms with van der Waals surface area (Å²) in [6.45, 7) is -0.141. The van der Waals surface area contributed by atoms with Gasteiger partial charge in [-0.3, -0.25) is 19.1 Å². The van der Waals surface area contributed by atoms with Crippen LogP contribution >= 0.6 is 23.2 Å². The minimum Gasteiger partial charge on any atom is -0.493 e. The number of morpholine rings is 1. The number of carbonyl (C=O) groups is 1. The summed E-state index contributed by atoms with van der Waals surface area (Å²) in [6, 6.07) is 12.7. The molecule has 15 heteroatoms. The van der Waals surface area contributed by atoms with Gasteiger partial charge in [-0.15, -0.1) is 0 Å². The Morgan fingerprint density at radius 1 is 1.02 bits per heavy atom. The summed E-state index contributed by atoms with van der Waals surface area (Å²) in [6.07, 6.45) is -0.0656. The highest BCUT2D eigenvalue weighted by Crippen LogP contribution is 2.40. The molecule has 3 aromatic rings. The average Bonchev–Trinajstić information content (AvgIpc) is 3.01. The molecule has 0 radical (unpaired) electrons. The van der Waals surface area contributed by atoms with E-state index in [-0.39, 0.29) is 47.6 Å². The number of methoxy groups -OCH3 is 3. The van der Waals surface area contributed by atoms with Crippen molar-refractivity contribution in [2.45, 2.75) is 16.9 Å². The highest BCUT2D eigenvalue weighted by molar-refractivity contribution is 7.87. The second-order valence-corrected chi connectivity index (χ2v) is 11.8. The standard InChI is InChI=1S/C28H28Cl2N2O10S/c1-38-23-14-18(15-24(39-2)26(23)40-3)27(33)31-11-13-41-28(17-31,19-8-9-20(29)21(30)16-19)10-12-42-43(36,37)25-7-5-4-6-22(25)32(34)35/h4-9,14-16H,10-13,17H2,1-3H3/t28-/m0/s1. The molecule has 0 aliphatic carbocycles. The van der Waals surface area contributed by atoms with E-state index in [1.54, 1.807) is 23.1 Å². The largest absolute Gasteiger partial charge is 0.493 e. The normalized spacial score (nSPS) is 16.9. The van der Waals surface area contributed by atoms with Crippen LogP contribution < -0.4 is 14.2 Å². The number of rotatable bonds is 11. The Morgan fingerprint density at radius 2 is 1.70 bits per heavy atom. The maximum absolute atomic E-state index is 13.8. The molecule has 1 saturated heterocycles. The molecule has 1 fully saturated rings. The molecule has 3 aromatic carbocycles. The van der Waals surface area contributed by atoms with Gasteiger partial charge in [0.1, 0.15) is 5.60 Å². The summed E-state index contributed by atoms with van der Waals surface area (Å²) in [7, 11) is -0.192. The molecule has 0 bridgehead atoms. The first-order valence-corrected chi connectivity index (χ1v) is 14.9. The van der Waals surface area contributed by atoms with Crippen molar-refractivity contribution in [1.82, 2.24) is 4.90 Å². The molecule has 0 unspecified atom stereocenters. The smallest absolute Gasteiger partial charge is 0.303 e. The molecule has 0 saturated carbocycles. The average molecular weight is 656 g/mol. The van der Waals surface area contributed by atoms with Gasteiger partial charge in [-0.1, -0.05) is 41.4 Å². The molecule has 1 heterocycles. The Kier molecular flexibility index (Phi) is 10.0. The third-order valence-electron chi connectivity index (χ3n) is 6.91. The van der Waals surface area contributed by atoms with Gasteiger partial charge >= 0.3 is 10.1 Å². The highest BCUT2D eigenvalue weighted by Gasteiger charge is 2.41. The van der Waals surface area contributed by atoms with E-state index in [4.69, 9.17) is 46.3 Å². The Hall–Kier alpha value is -3.62. The predicted octanol–water partition coefficient (Wildman–Crippen LogP) is 5.09. The van der Waals surface area contributed by atoms with Crippen molar-refractivity contribution in [3.8, 4) is 17.2 Å². The van der Waals surface area contributed by atoms with Crippen molar-refractivity contribution < 1.29 is 41.3 Å². The van der Waals surface area contributed by atoms with Crippen molar-refractivity contribution in [2.24, 2.45) is 0 Å². The van der Waals surface area contributed by atoms with Gasteiger partial charge in [-0.05, 0) is 35.9 Å². The van der Waals surface area contributed by atoms with Crippen LogP contribution in [-0.4, -0.2) is 71.8 Å². The Morgan fingerprint density at radius 3 is 2.30 bits per heavy atom. The molecule has 0 spiro atoms. The zero-order chi connectivity index (χ0) is 31.4. The summed E-state index contributed by atoms with van der Waals surface area (Å²) in [5.74, 6) is 0.539. The molecule has 0 aromatic heterocycles. The van der Waals surface area contributed by atoms with E-state index in [0.29, 0.717) is 22.8 Å². The van der Waals surface area contributed by atoms with Crippen LogP contribution in [0.5, 0.6) is 17.2 Å². The highest BCUT2D eigenvalue weighted by atomic mass is 35.5. The number of carbonyl (C=O) groups excluding carboxylic acids is 1. The van der Waals surface area contributed by atoms with Gasteiger partial charge in [-0.25, -0.2) is 0 Å². The van der Waals surface area contributed by atoms with Crippen molar-refractivity contribution >= 4 is 44.9 Å². The summed E-state index contributed by atoms with van der Waals surface area (Å²) >= 11 is 12.5. The lowest BCUT2D eigenvalue weighted by molar-refractivity contribution is -0.387. The molecule has 0 N–H and O–H groups in total. The molecule has 1 aliphatic rings. The van der Waals surface area contributed by atoms with Gasteiger partial charge in [0, 0.05) is 24.6 Å². The van der Waals surface area contributed by atoms with Crippen LogP contribution in [0.15, 0.2) is 59.5 Å². The minimum atomic E-state index is -4.52. The zero-order valence-corrected chi connectivity index (χ0v) is 25.7. The second kappa shape index (κ2) is 13.3. The molecular formula is C28H28Cl2N2O10S. The van der Waals surface area contributed by atoms with Crippen LogP contribution in [0, 0.1) is 10.1 Å². The number of benzene rings is 3. The van der Waals surface area contributed by atoms with Crippen LogP contribution in [0.1, 0.15) is 22.3 Å². The molecule has 4 rings (SSSR count). The van der Waals surface area contributed by atoms with E-state index in [2.05, 4.69) is 0 Å². The number of amides is 1. The maximum atomic E-state index is 13.8. The summed E-state index contributed by atoms with van der Waals surface area (Å²) in [4.78, 5) is 25.3. The lowest BCUT2D eigenvalue weighted by Gasteiger charge is -2.43. The number of nitro benzene ring substituents is 1. The van der Waals surface area contributed by atoms with E-state index in [9.17, 15) is 23.3 Å². The van der Waals surface area contributed by atoms with Gasteiger partial charge in [0.05, 0.1) is 56.1 Å². The quantitative estimate of drug-likeness (QED) is 0.156. The fraction of sp³-hybridized carbons (Fsp3) is 0.321. The molecular weight excluding hydrogens is 627 g/mol. The summed E-state index contributed by atoms with van der Waals surface area (Å²) in [5.41, 5.74) is -1.11. The number of nitrogens with zero attached hydrogens (tertiary/aromatic N) is 2. The molecule has 1 aliphatic heterocycles. The number of para-hydroxylation sites is 1. The Labute approximate surface area is 258 Å². The number of nitro groups is 1. The first-order chi connectivity index (χ1) is 20.5. The number of halogens is 2. The fourth-order valence-corrected chi connectivity index (χ4v) is 6.17. The van der Waals surface area contributed by atoms with E-state index < -0.39 is 37.8 Å². The van der Waals surface area contributed by atoms with Crippen LogP contribution in [-0.2, 0) is 24.6 Å². The van der Waals surface area contributed by atoms with Crippen molar-refractivity contribution in [3.05, 3.63) is 85.9 Å². The number of ether oxygens (including phenoxy) is 4. The minimum absolute atomic E-state index is 0.0185. The molecule has 12 nitrogen and oxygen atoms in total. The van der Waals surface area contributed by atoms with Crippen LogP contribution in [0.25, 0.3) is 0 Å². The zero-order valence-electron chi connectivity index (χ0n) is 23.4. The van der Waals surface area contributed by atoms with E-state index in [1.807, 2.05) is 0 Å². The lowest BCUT2D eigenvalue weighted by atomic mass is 9.88. The van der Waals surface area contributed by atoms with Crippen LogP contribution in [0.3, 0.4) is 0 Å². The first-order valence-electron chi connectivity index (χ1n) is 12.8. The Bertz CT molecular complexity index is 1610. The van der Waals surface area contributed by atoms with E-state index >= 15 is 0 Å². The van der Waals surface area contributed by atoms with Gasteiger partial charge in [0.25, 0.3) is 11.6 Å².